The Bertz CT molecular complexity index is 1130. The predicted molar refractivity (Wildman–Crippen MR) is 127 cm³/mol. The molecule has 7 nitrogen and oxygen atoms in total. The van der Waals surface area contributed by atoms with Crippen molar-refractivity contribution in [1.82, 2.24) is 9.55 Å². The predicted octanol–water partition coefficient (Wildman–Crippen LogP) is 4.73. The molecular formula is C19H15Br2ClN4O3S. The number of nitrogen functional groups attached to an aromatic ring is 1. The van der Waals surface area contributed by atoms with E-state index in [9.17, 15) is 9.59 Å². The quantitative estimate of drug-likeness (QED) is 0.326. The number of amides is 1. The number of thioether (sulfide) groups is 1. The SMILES string of the molecule is COc1cc(Br)c(NC(=O)CSc2nc(=O)cc(N)n2-c2ccc(Cl)cc2)c(Br)c1. The Morgan fingerprint density at radius 1 is 1.23 bits per heavy atom. The molecule has 0 atom stereocenters. The zero-order chi connectivity index (χ0) is 21.8. The molecule has 3 rings (SSSR count). The molecule has 0 aliphatic heterocycles. The lowest BCUT2D eigenvalue weighted by Crippen LogP contribution is -2.19. The highest BCUT2D eigenvalue weighted by atomic mass is 79.9. The smallest absolute Gasteiger partial charge is 0.275 e. The topological polar surface area (TPSA) is 99.2 Å². The second-order valence-corrected chi connectivity index (χ2v) is 9.00. The minimum absolute atomic E-state index is 0.00833. The first-order valence-electron chi connectivity index (χ1n) is 8.39. The van der Waals surface area contributed by atoms with Gasteiger partial charge < -0.3 is 15.8 Å². The number of anilines is 2. The Kier molecular flexibility index (Phi) is 7.45. The first kappa shape index (κ1) is 22.7. The molecule has 11 heteroatoms. The summed E-state index contributed by atoms with van der Waals surface area (Å²) < 4.78 is 8.10. The Balaban J connectivity index is 1.81. The van der Waals surface area contributed by atoms with Gasteiger partial charge in [-0.1, -0.05) is 23.4 Å². The zero-order valence-corrected chi connectivity index (χ0v) is 20.2. The summed E-state index contributed by atoms with van der Waals surface area (Å²) in [6.07, 6.45) is 0. The second-order valence-electron chi connectivity index (χ2n) is 5.92. The minimum atomic E-state index is -0.485. The summed E-state index contributed by atoms with van der Waals surface area (Å²) in [5.74, 6) is 0.567. The van der Waals surface area contributed by atoms with Gasteiger partial charge in [0.25, 0.3) is 5.56 Å². The number of methoxy groups -OCH3 is 1. The number of aromatic nitrogens is 2. The van der Waals surface area contributed by atoms with Crippen LogP contribution in [-0.4, -0.2) is 28.3 Å². The molecular weight excluding hydrogens is 560 g/mol. The fourth-order valence-electron chi connectivity index (χ4n) is 2.52. The van der Waals surface area contributed by atoms with Crippen molar-refractivity contribution in [3.63, 3.8) is 0 Å². The van der Waals surface area contributed by atoms with Gasteiger partial charge in [0, 0.05) is 25.7 Å². The van der Waals surface area contributed by atoms with E-state index in [-0.39, 0.29) is 17.5 Å². The molecule has 0 aliphatic carbocycles. The van der Waals surface area contributed by atoms with Crippen LogP contribution in [0.15, 0.2) is 61.4 Å². The standard InChI is InChI=1S/C19H15Br2ClN4O3S/c1-29-12-6-13(20)18(14(21)7-12)24-17(28)9-30-19-25-16(27)8-15(23)26(19)11-4-2-10(22)3-5-11/h2-8H,9,23H2,1H3,(H,24,28). The van der Waals surface area contributed by atoms with Crippen molar-refractivity contribution in [1.29, 1.82) is 0 Å². The van der Waals surface area contributed by atoms with E-state index in [1.165, 1.54) is 6.07 Å². The normalized spacial score (nSPS) is 10.7. The molecule has 1 heterocycles. The largest absolute Gasteiger partial charge is 0.497 e. The first-order chi connectivity index (χ1) is 14.3. The van der Waals surface area contributed by atoms with Crippen LogP contribution >= 0.6 is 55.2 Å². The van der Waals surface area contributed by atoms with Crippen LogP contribution in [0.2, 0.25) is 5.02 Å². The van der Waals surface area contributed by atoms with Crippen molar-refractivity contribution in [3.05, 3.63) is 66.8 Å². The van der Waals surface area contributed by atoms with Gasteiger partial charge in [0.05, 0.1) is 18.6 Å². The number of nitrogens with one attached hydrogen (secondary N) is 1. The van der Waals surface area contributed by atoms with Crippen molar-refractivity contribution < 1.29 is 9.53 Å². The lowest BCUT2D eigenvalue weighted by molar-refractivity contribution is -0.113. The van der Waals surface area contributed by atoms with E-state index in [0.29, 0.717) is 36.2 Å². The molecule has 2 aromatic carbocycles. The summed E-state index contributed by atoms with van der Waals surface area (Å²) in [6.45, 7) is 0. The number of hydrogen-bond donors (Lipinski definition) is 2. The third-order valence-electron chi connectivity index (χ3n) is 3.86. The molecule has 0 fully saturated rings. The van der Waals surface area contributed by atoms with Gasteiger partial charge in [-0.15, -0.1) is 0 Å². The van der Waals surface area contributed by atoms with E-state index < -0.39 is 5.56 Å². The number of benzene rings is 2. The number of carbonyl (C=O) groups excluding carboxylic acids is 1. The lowest BCUT2D eigenvalue weighted by Gasteiger charge is -2.15. The number of hydrogen-bond acceptors (Lipinski definition) is 6. The number of rotatable bonds is 6. The molecule has 156 valence electrons. The van der Waals surface area contributed by atoms with Gasteiger partial charge >= 0.3 is 0 Å². The highest BCUT2D eigenvalue weighted by molar-refractivity contribution is 9.11. The zero-order valence-electron chi connectivity index (χ0n) is 15.5. The van der Waals surface area contributed by atoms with E-state index in [4.69, 9.17) is 22.1 Å². The lowest BCUT2D eigenvalue weighted by atomic mass is 10.3. The molecule has 0 spiro atoms. The number of nitrogens with zero attached hydrogens (tertiary/aromatic N) is 2. The van der Waals surface area contributed by atoms with Crippen molar-refractivity contribution >= 4 is 72.6 Å². The van der Waals surface area contributed by atoms with Gasteiger partial charge in [-0.05, 0) is 68.3 Å². The summed E-state index contributed by atoms with van der Waals surface area (Å²) in [7, 11) is 1.56. The molecule has 0 saturated heterocycles. The molecule has 0 radical (unpaired) electrons. The van der Waals surface area contributed by atoms with Crippen molar-refractivity contribution in [2.75, 3.05) is 23.9 Å². The Morgan fingerprint density at radius 3 is 2.47 bits per heavy atom. The van der Waals surface area contributed by atoms with Crippen molar-refractivity contribution in [2.24, 2.45) is 0 Å². The van der Waals surface area contributed by atoms with Crippen LogP contribution in [-0.2, 0) is 4.79 Å². The first-order valence-corrected chi connectivity index (χ1v) is 11.3. The molecule has 0 saturated carbocycles. The minimum Gasteiger partial charge on any atom is -0.497 e. The molecule has 0 unspecified atom stereocenters. The van der Waals surface area contributed by atoms with Crippen LogP contribution in [0.4, 0.5) is 11.5 Å². The Labute approximate surface area is 198 Å². The van der Waals surface area contributed by atoms with Gasteiger partial charge in [0.2, 0.25) is 5.91 Å². The number of halogens is 3. The highest BCUT2D eigenvalue weighted by Gasteiger charge is 2.15. The van der Waals surface area contributed by atoms with Gasteiger partial charge in [-0.3, -0.25) is 14.2 Å². The van der Waals surface area contributed by atoms with Crippen LogP contribution in [0.5, 0.6) is 5.75 Å². The van der Waals surface area contributed by atoms with E-state index in [0.717, 1.165) is 11.8 Å². The molecule has 1 amide bonds. The average Bonchev–Trinajstić information content (AvgIpc) is 2.69. The number of carbonyl (C=O) groups is 1. The van der Waals surface area contributed by atoms with Gasteiger partial charge in [-0.2, -0.15) is 4.98 Å². The van der Waals surface area contributed by atoms with Crippen LogP contribution in [0.1, 0.15) is 0 Å². The van der Waals surface area contributed by atoms with E-state index in [1.807, 2.05) is 0 Å². The Hall–Kier alpha value is -2.01. The van der Waals surface area contributed by atoms with Crippen molar-refractivity contribution in [3.8, 4) is 11.4 Å². The van der Waals surface area contributed by atoms with E-state index in [1.54, 1.807) is 48.1 Å². The maximum atomic E-state index is 12.5. The van der Waals surface area contributed by atoms with Gasteiger partial charge in [0.1, 0.15) is 11.6 Å². The number of ether oxygens (including phenoxy) is 1. The number of nitrogens with two attached hydrogens (primary N) is 1. The molecule has 30 heavy (non-hydrogen) atoms. The van der Waals surface area contributed by atoms with Gasteiger partial charge in [0.15, 0.2) is 5.16 Å². The summed E-state index contributed by atoms with van der Waals surface area (Å²) >= 11 is 13.9. The molecule has 0 aliphatic rings. The fourth-order valence-corrected chi connectivity index (χ4v) is 4.81. The molecule has 0 bridgehead atoms. The summed E-state index contributed by atoms with van der Waals surface area (Å²) in [6, 6.07) is 11.6. The maximum absolute atomic E-state index is 12.5. The van der Waals surface area contributed by atoms with Crippen LogP contribution < -0.4 is 21.3 Å². The average molecular weight is 575 g/mol. The molecule has 1 aromatic heterocycles. The fraction of sp³-hybridized carbons (Fsp3) is 0.105. The van der Waals surface area contributed by atoms with E-state index in [2.05, 4.69) is 42.2 Å². The van der Waals surface area contributed by atoms with Gasteiger partial charge in [-0.25, -0.2) is 0 Å². The van der Waals surface area contributed by atoms with Crippen LogP contribution in [0.25, 0.3) is 5.69 Å². The molecule has 3 N–H and O–H groups in total. The summed E-state index contributed by atoms with van der Waals surface area (Å²) in [4.78, 5) is 28.4. The summed E-state index contributed by atoms with van der Waals surface area (Å²) in [5, 5.41) is 3.68. The monoisotopic (exact) mass is 572 g/mol. The van der Waals surface area contributed by atoms with Crippen LogP contribution in [0.3, 0.4) is 0 Å². The van der Waals surface area contributed by atoms with Crippen LogP contribution in [0, 0.1) is 0 Å². The van der Waals surface area contributed by atoms with E-state index >= 15 is 0 Å². The third kappa shape index (κ3) is 5.37. The third-order valence-corrected chi connectivity index (χ3v) is 6.30. The second kappa shape index (κ2) is 9.86. The molecule has 3 aromatic rings. The Morgan fingerprint density at radius 2 is 1.87 bits per heavy atom. The van der Waals surface area contributed by atoms with Crippen molar-refractivity contribution in [2.45, 2.75) is 5.16 Å². The highest BCUT2D eigenvalue weighted by Crippen LogP contribution is 2.35. The summed E-state index contributed by atoms with van der Waals surface area (Å²) in [5.41, 5.74) is 6.80. The maximum Gasteiger partial charge on any atom is 0.275 e.